The lowest BCUT2D eigenvalue weighted by Crippen LogP contribution is -2.26. The van der Waals surface area contributed by atoms with Crippen molar-refractivity contribution in [3.05, 3.63) is 0 Å². The molecule has 1 heterocycles. The van der Waals surface area contributed by atoms with Gasteiger partial charge in [-0.25, -0.2) is 0 Å². The van der Waals surface area contributed by atoms with Gasteiger partial charge in [0.05, 0.1) is 0 Å². The first kappa shape index (κ1) is 6.55. The maximum Gasteiger partial charge on any atom is 0.122 e. The van der Waals surface area contributed by atoms with Crippen LogP contribution in [0.15, 0.2) is 4.99 Å². The van der Waals surface area contributed by atoms with Crippen molar-refractivity contribution >= 4 is 5.84 Å². The van der Waals surface area contributed by atoms with E-state index in [0.717, 1.165) is 31.8 Å². The van der Waals surface area contributed by atoms with Crippen LogP contribution in [0, 0.1) is 0 Å². The number of rotatable bonds is 1. The van der Waals surface area contributed by atoms with Gasteiger partial charge in [-0.05, 0) is 12.8 Å². The number of amidine groups is 1. The highest BCUT2D eigenvalue weighted by Gasteiger charge is 1.98. The van der Waals surface area contributed by atoms with Crippen LogP contribution < -0.4 is 5.32 Å². The molecule has 0 saturated heterocycles. The molecule has 3 nitrogen and oxygen atoms in total. The lowest BCUT2D eigenvalue weighted by Gasteiger charge is -2.00. The van der Waals surface area contributed by atoms with Crippen molar-refractivity contribution in [3.63, 3.8) is 0 Å². The number of nitrogens with zero attached hydrogens (tertiary/aromatic N) is 1. The molecule has 9 heavy (non-hydrogen) atoms. The van der Waals surface area contributed by atoms with E-state index >= 15 is 0 Å². The molecule has 1 aliphatic heterocycles. The zero-order chi connectivity index (χ0) is 6.53. The van der Waals surface area contributed by atoms with Crippen molar-refractivity contribution in [3.8, 4) is 0 Å². The zero-order valence-corrected chi connectivity index (χ0v) is 5.43. The standard InChI is InChI=1S/C6H12N2O/c9-5-6-7-3-1-2-4-8-6/h9H,1-5H2,(H,7,8). The molecule has 0 fully saturated rings. The van der Waals surface area contributed by atoms with E-state index in [1.165, 1.54) is 0 Å². The first-order valence-corrected chi connectivity index (χ1v) is 3.31. The van der Waals surface area contributed by atoms with Gasteiger partial charge in [-0.15, -0.1) is 0 Å². The summed E-state index contributed by atoms with van der Waals surface area (Å²) in [4.78, 5) is 4.10. The predicted octanol–water partition coefficient (Wildman–Crippen LogP) is -0.239. The Morgan fingerprint density at radius 3 is 3.22 bits per heavy atom. The van der Waals surface area contributed by atoms with Gasteiger partial charge in [-0.3, -0.25) is 4.99 Å². The van der Waals surface area contributed by atoms with E-state index in [1.807, 2.05) is 0 Å². The number of hydrogen-bond donors (Lipinski definition) is 2. The maximum absolute atomic E-state index is 8.62. The molecule has 0 saturated carbocycles. The molecule has 0 amide bonds. The highest BCUT2D eigenvalue weighted by Crippen LogP contribution is 1.92. The molecule has 0 spiro atoms. The molecule has 3 heteroatoms. The van der Waals surface area contributed by atoms with E-state index in [0.29, 0.717) is 0 Å². The number of nitrogens with one attached hydrogen (secondary N) is 1. The van der Waals surface area contributed by atoms with Crippen molar-refractivity contribution in [2.24, 2.45) is 4.99 Å². The lowest BCUT2D eigenvalue weighted by molar-refractivity contribution is 0.353. The first-order valence-electron chi connectivity index (χ1n) is 3.31. The molecule has 1 aliphatic rings. The largest absolute Gasteiger partial charge is 0.388 e. The van der Waals surface area contributed by atoms with Gasteiger partial charge in [0.1, 0.15) is 12.4 Å². The third-order valence-corrected chi connectivity index (χ3v) is 1.37. The Hall–Kier alpha value is -0.570. The summed E-state index contributed by atoms with van der Waals surface area (Å²) in [5, 5.41) is 11.7. The SMILES string of the molecule is OCC1=NCCCCN1. The fourth-order valence-electron chi connectivity index (χ4n) is 0.845. The molecule has 2 N–H and O–H groups in total. The van der Waals surface area contributed by atoms with E-state index in [2.05, 4.69) is 10.3 Å². The molecular weight excluding hydrogens is 116 g/mol. The Balaban J connectivity index is 2.37. The van der Waals surface area contributed by atoms with E-state index in [-0.39, 0.29) is 6.61 Å². The number of aliphatic imine (C=N–C) groups is 1. The molecule has 0 aromatic carbocycles. The molecule has 0 unspecified atom stereocenters. The van der Waals surface area contributed by atoms with Crippen LogP contribution in [-0.4, -0.2) is 30.6 Å². The topological polar surface area (TPSA) is 44.6 Å². The molecular formula is C6H12N2O. The summed E-state index contributed by atoms with van der Waals surface area (Å²) in [6, 6.07) is 0. The summed E-state index contributed by atoms with van der Waals surface area (Å²) in [6.07, 6.45) is 2.30. The van der Waals surface area contributed by atoms with Crippen LogP contribution in [0.5, 0.6) is 0 Å². The van der Waals surface area contributed by atoms with Crippen molar-refractivity contribution in [2.45, 2.75) is 12.8 Å². The Morgan fingerprint density at radius 2 is 2.44 bits per heavy atom. The lowest BCUT2D eigenvalue weighted by atomic mass is 10.3. The van der Waals surface area contributed by atoms with E-state index in [1.54, 1.807) is 0 Å². The van der Waals surface area contributed by atoms with Crippen LogP contribution in [0.25, 0.3) is 0 Å². The summed E-state index contributed by atoms with van der Waals surface area (Å²) in [7, 11) is 0. The van der Waals surface area contributed by atoms with E-state index in [9.17, 15) is 0 Å². The third-order valence-electron chi connectivity index (χ3n) is 1.37. The van der Waals surface area contributed by atoms with Gasteiger partial charge in [0, 0.05) is 13.1 Å². The highest BCUT2D eigenvalue weighted by molar-refractivity contribution is 5.83. The molecule has 52 valence electrons. The van der Waals surface area contributed by atoms with Crippen LogP contribution in [-0.2, 0) is 0 Å². The van der Waals surface area contributed by atoms with Crippen molar-refractivity contribution in [1.29, 1.82) is 0 Å². The molecule has 0 aliphatic carbocycles. The second-order valence-corrected chi connectivity index (χ2v) is 2.12. The van der Waals surface area contributed by atoms with Crippen LogP contribution in [0.1, 0.15) is 12.8 Å². The van der Waals surface area contributed by atoms with Crippen LogP contribution in [0.3, 0.4) is 0 Å². The number of aliphatic hydroxyl groups is 1. The second-order valence-electron chi connectivity index (χ2n) is 2.12. The Labute approximate surface area is 54.8 Å². The van der Waals surface area contributed by atoms with E-state index in [4.69, 9.17) is 5.11 Å². The van der Waals surface area contributed by atoms with Gasteiger partial charge >= 0.3 is 0 Å². The molecule has 0 atom stereocenters. The van der Waals surface area contributed by atoms with Gasteiger partial charge in [0.2, 0.25) is 0 Å². The van der Waals surface area contributed by atoms with Crippen LogP contribution in [0.4, 0.5) is 0 Å². The highest BCUT2D eigenvalue weighted by atomic mass is 16.3. The smallest absolute Gasteiger partial charge is 0.122 e. The molecule has 0 aromatic heterocycles. The summed E-state index contributed by atoms with van der Waals surface area (Å²) in [6.45, 7) is 1.88. The van der Waals surface area contributed by atoms with Gasteiger partial charge in [-0.1, -0.05) is 0 Å². The molecule has 0 bridgehead atoms. The minimum atomic E-state index is 0.0556. The second kappa shape index (κ2) is 3.45. The van der Waals surface area contributed by atoms with Crippen molar-refractivity contribution in [1.82, 2.24) is 5.32 Å². The number of aliphatic hydroxyl groups excluding tert-OH is 1. The first-order chi connectivity index (χ1) is 4.43. The van der Waals surface area contributed by atoms with Gasteiger partial charge < -0.3 is 10.4 Å². The fraction of sp³-hybridized carbons (Fsp3) is 0.833. The summed E-state index contributed by atoms with van der Waals surface area (Å²) in [5.41, 5.74) is 0. The third kappa shape index (κ3) is 2.01. The van der Waals surface area contributed by atoms with Crippen LogP contribution >= 0.6 is 0 Å². The number of hydrogen-bond acceptors (Lipinski definition) is 3. The Morgan fingerprint density at radius 1 is 1.56 bits per heavy atom. The monoisotopic (exact) mass is 128 g/mol. The zero-order valence-electron chi connectivity index (χ0n) is 5.43. The quantitative estimate of drug-likeness (QED) is 0.512. The predicted molar refractivity (Wildman–Crippen MR) is 36.6 cm³/mol. The summed E-state index contributed by atoms with van der Waals surface area (Å²) in [5.74, 6) is 0.743. The molecule has 0 aromatic rings. The molecule has 1 rings (SSSR count). The van der Waals surface area contributed by atoms with Gasteiger partial charge in [0.15, 0.2) is 0 Å². The summed E-state index contributed by atoms with van der Waals surface area (Å²) >= 11 is 0. The van der Waals surface area contributed by atoms with Gasteiger partial charge in [0.25, 0.3) is 0 Å². The average molecular weight is 128 g/mol. The fourth-order valence-corrected chi connectivity index (χ4v) is 0.845. The minimum absolute atomic E-state index is 0.0556. The summed E-state index contributed by atoms with van der Waals surface area (Å²) < 4.78 is 0. The Kier molecular flexibility index (Phi) is 2.51. The van der Waals surface area contributed by atoms with Gasteiger partial charge in [-0.2, -0.15) is 0 Å². The Bertz CT molecular complexity index is 112. The minimum Gasteiger partial charge on any atom is -0.388 e. The average Bonchev–Trinajstić information content (AvgIpc) is 2.13. The van der Waals surface area contributed by atoms with Crippen LogP contribution in [0.2, 0.25) is 0 Å². The van der Waals surface area contributed by atoms with Crippen molar-refractivity contribution in [2.75, 3.05) is 19.7 Å². The van der Waals surface area contributed by atoms with E-state index < -0.39 is 0 Å². The van der Waals surface area contributed by atoms with Crippen molar-refractivity contribution < 1.29 is 5.11 Å². The maximum atomic E-state index is 8.62. The molecule has 0 radical (unpaired) electrons. The normalized spacial score (nSPS) is 19.9.